The van der Waals surface area contributed by atoms with Crippen LogP contribution in [-0.2, 0) is 14.8 Å². The van der Waals surface area contributed by atoms with Crippen molar-refractivity contribution >= 4 is 37.5 Å². The molecule has 0 aliphatic heterocycles. The van der Waals surface area contributed by atoms with Crippen LogP contribution in [0.1, 0.15) is 19.8 Å². The van der Waals surface area contributed by atoms with Crippen molar-refractivity contribution in [3.63, 3.8) is 0 Å². The van der Waals surface area contributed by atoms with Crippen molar-refractivity contribution in [1.29, 1.82) is 0 Å². The highest BCUT2D eigenvalue weighted by atomic mass is 79.9. The molecule has 0 aromatic heterocycles. The molecule has 21 heavy (non-hydrogen) atoms. The number of rotatable bonds is 6. The molecular formula is C13H18BrN3O3S. The Morgan fingerprint density at radius 3 is 2.62 bits per heavy atom. The number of hydrogen-bond donors (Lipinski definition) is 3. The first-order chi connectivity index (χ1) is 9.83. The number of nitrogens with one attached hydrogen (secondary N) is 2. The summed E-state index contributed by atoms with van der Waals surface area (Å²) in [6.07, 6.45) is 2.02. The average molecular weight is 376 g/mol. The van der Waals surface area contributed by atoms with Crippen LogP contribution in [0.4, 0.5) is 5.69 Å². The third-order valence-corrected chi connectivity index (χ3v) is 5.46. The molecule has 1 unspecified atom stereocenters. The Balaban J connectivity index is 2.19. The Bertz CT molecular complexity index is 644. The van der Waals surface area contributed by atoms with Crippen molar-refractivity contribution in [2.24, 2.45) is 11.7 Å². The molecule has 4 N–H and O–H groups in total. The molecule has 116 valence electrons. The average Bonchev–Trinajstić information content (AvgIpc) is 3.22. The number of anilines is 1. The van der Waals surface area contributed by atoms with Gasteiger partial charge in [-0.25, -0.2) is 13.1 Å². The topological polar surface area (TPSA) is 101 Å². The van der Waals surface area contributed by atoms with Gasteiger partial charge in [0.1, 0.15) is 0 Å². The zero-order valence-corrected chi connectivity index (χ0v) is 14.0. The fourth-order valence-corrected chi connectivity index (χ4v) is 4.03. The fraction of sp³-hybridized carbons (Fsp3) is 0.462. The summed E-state index contributed by atoms with van der Waals surface area (Å²) in [6.45, 7) is 1.68. The monoisotopic (exact) mass is 375 g/mol. The Hall–Kier alpha value is -0.960. The maximum atomic E-state index is 12.3. The van der Waals surface area contributed by atoms with E-state index >= 15 is 0 Å². The lowest BCUT2D eigenvalue weighted by atomic mass is 10.2. The lowest BCUT2D eigenvalue weighted by molar-refractivity contribution is -0.114. The smallest absolute Gasteiger partial charge is 0.240 e. The largest absolute Gasteiger partial charge is 0.329 e. The van der Waals surface area contributed by atoms with E-state index in [-0.39, 0.29) is 23.4 Å². The van der Waals surface area contributed by atoms with E-state index in [0.717, 1.165) is 12.8 Å². The standard InChI is InChI=1S/C13H18BrN3O3S/c1-8(18)16-12-5-4-10(6-11(12)14)21(19,20)17-13(7-15)9-2-3-9/h4-6,9,13,17H,2-3,7,15H2,1H3,(H,16,18). The normalized spacial score (nSPS) is 16.5. The summed E-state index contributed by atoms with van der Waals surface area (Å²) in [5.41, 5.74) is 6.15. The van der Waals surface area contributed by atoms with E-state index in [4.69, 9.17) is 5.73 Å². The van der Waals surface area contributed by atoms with Crippen LogP contribution in [0.2, 0.25) is 0 Å². The van der Waals surface area contributed by atoms with Gasteiger partial charge in [0, 0.05) is 24.0 Å². The molecule has 1 aromatic rings. The number of nitrogens with two attached hydrogens (primary N) is 1. The SMILES string of the molecule is CC(=O)Nc1ccc(S(=O)(=O)NC(CN)C2CC2)cc1Br. The van der Waals surface area contributed by atoms with Gasteiger partial charge < -0.3 is 11.1 Å². The molecule has 1 atom stereocenters. The molecule has 0 saturated heterocycles. The summed E-state index contributed by atoms with van der Waals surface area (Å²) in [7, 11) is -3.62. The van der Waals surface area contributed by atoms with E-state index in [1.54, 1.807) is 6.07 Å². The third kappa shape index (κ3) is 4.26. The van der Waals surface area contributed by atoms with Crippen LogP contribution in [0.15, 0.2) is 27.6 Å². The Morgan fingerprint density at radius 2 is 2.14 bits per heavy atom. The second-order valence-electron chi connectivity index (χ2n) is 5.12. The maximum Gasteiger partial charge on any atom is 0.240 e. The number of carbonyl (C=O) groups excluding carboxylic acids is 1. The zero-order chi connectivity index (χ0) is 15.6. The van der Waals surface area contributed by atoms with Crippen LogP contribution in [0.3, 0.4) is 0 Å². The van der Waals surface area contributed by atoms with Gasteiger partial charge >= 0.3 is 0 Å². The highest BCUT2D eigenvalue weighted by Gasteiger charge is 2.33. The Morgan fingerprint density at radius 1 is 1.48 bits per heavy atom. The van der Waals surface area contributed by atoms with E-state index in [1.807, 2.05) is 0 Å². The number of benzene rings is 1. The molecule has 1 amide bonds. The predicted octanol–water partition coefficient (Wildman–Crippen LogP) is 1.42. The Labute approximate surface area is 132 Å². The van der Waals surface area contributed by atoms with Gasteiger partial charge in [0.25, 0.3) is 0 Å². The van der Waals surface area contributed by atoms with Gasteiger partial charge in [-0.3, -0.25) is 4.79 Å². The van der Waals surface area contributed by atoms with Crippen molar-refractivity contribution in [2.75, 3.05) is 11.9 Å². The van der Waals surface area contributed by atoms with Crippen LogP contribution in [0, 0.1) is 5.92 Å². The minimum absolute atomic E-state index is 0.141. The highest BCUT2D eigenvalue weighted by Crippen LogP contribution is 2.33. The lowest BCUT2D eigenvalue weighted by Gasteiger charge is -2.16. The van der Waals surface area contributed by atoms with Crippen LogP contribution in [0.5, 0.6) is 0 Å². The van der Waals surface area contributed by atoms with Crippen LogP contribution >= 0.6 is 15.9 Å². The second kappa shape index (κ2) is 6.43. The molecule has 6 nitrogen and oxygen atoms in total. The van der Waals surface area contributed by atoms with Crippen molar-refractivity contribution in [1.82, 2.24) is 4.72 Å². The van der Waals surface area contributed by atoms with Gasteiger partial charge in [0.05, 0.1) is 10.6 Å². The first kappa shape index (κ1) is 16.4. The lowest BCUT2D eigenvalue weighted by Crippen LogP contribution is -2.41. The van der Waals surface area contributed by atoms with Gasteiger partial charge in [-0.05, 0) is 52.9 Å². The maximum absolute atomic E-state index is 12.3. The minimum Gasteiger partial charge on any atom is -0.329 e. The molecule has 1 aliphatic carbocycles. The molecule has 1 fully saturated rings. The Kier molecular flexibility index (Phi) is 5.03. The molecule has 0 spiro atoms. The molecule has 1 aliphatic rings. The molecule has 1 saturated carbocycles. The zero-order valence-electron chi connectivity index (χ0n) is 11.6. The molecule has 0 heterocycles. The summed E-state index contributed by atoms with van der Waals surface area (Å²) >= 11 is 3.26. The number of amides is 1. The first-order valence-electron chi connectivity index (χ1n) is 6.63. The summed E-state index contributed by atoms with van der Waals surface area (Å²) in [5.74, 6) is 0.119. The minimum atomic E-state index is -3.62. The number of sulfonamides is 1. The molecule has 1 aromatic carbocycles. The van der Waals surface area contributed by atoms with E-state index in [9.17, 15) is 13.2 Å². The van der Waals surface area contributed by atoms with Crippen molar-refractivity contribution in [2.45, 2.75) is 30.7 Å². The molecule has 0 radical (unpaired) electrons. The highest BCUT2D eigenvalue weighted by molar-refractivity contribution is 9.10. The molecule has 8 heteroatoms. The number of hydrogen-bond acceptors (Lipinski definition) is 4. The van der Waals surface area contributed by atoms with Crippen molar-refractivity contribution in [3.05, 3.63) is 22.7 Å². The van der Waals surface area contributed by atoms with Gasteiger partial charge in [0.15, 0.2) is 0 Å². The quantitative estimate of drug-likeness (QED) is 0.699. The van der Waals surface area contributed by atoms with E-state index in [1.165, 1.54) is 19.1 Å². The molecule has 2 rings (SSSR count). The number of halogens is 1. The van der Waals surface area contributed by atoms with Crippen LogP contribution in [-0.4, -0.2) is 26.9 Å². The van der Waals surface area contributed by atoms with E-state index in [2.05, 4.69) is 26.0 Å². The van der Waals surface area contributed by atoms with Gasteiger partial charge in [0.2, 0.25) is 15.9 Å². The molecule has 0 bridgehead atoms. The van der Waals surface area contributed by atoms with Crippen molar-refractivity contribution in [3.8, 4) is 0 Å². The summed E-state index contributed by atoms with van der Waals surface area (Å²) in [5, 5.41) is 2.61. The summed E-state index contributed by atoms with van der Waals surface area (Å²) in [4.78, 5) is 11.2. The first-order valence-corrected chi connectivity index (χ1v) is 8.90. The van der Waals surface area contributed by atoms with Gasteiger partial charge in [-0.2, -0.15) is 0 Å². The van der Waals surface area contributed by atoms with Crippen LogP contribution < -0.4 is 15.8 Å². The van der Waals surface area contributed by atoms with E-state index < -0.39 is 10.0 Å². The van der Waals surface area contributed by atoms with Crippen molar-refractivity contribution < 1.29 is 13.2 Å². The van der Waals surface area contributed by atoms with Crippen LogP contribution in [0.25, 0.3) is 0 Å². The summed E-state index contributed by atoms with van der Waals surface area (Å²) < 4.78 is 27.8. The predicted molar refractivity (Wildman–Crippen MR) is 84.3 cm³/mol. The number of carbonyl (C=O) groups is 1. The third-order valence-electron chi connectivity index (χ3n) is 3.31. The second-order valence-corrected chi connectivity index (χ2v) is 7.69. The molecular weight excluding hydrogens is 358 g/mol. The van der Waals surface area contributed by atoms with E-state index in [0.29, 0.717) is 16.1 Å². The van der Waals surface area contributed by atoms with Gasteiger partial charge in [-0.1, -0.05) is 0 Å². The van der Waals surface area contributed by atoms with Gasteiger partial charge in [-0.15, -0.1) is 0 Å². The fourth-order valence-electron chi connectivity index (χ4n) is 2.06. The summed E-state index contributed by atoms with van der Waals surface area (Å²) in [6, 6.07) is 4.26.